The van der Waals surface area contributed by atoms with Gasteiger partial charge in [-0.3, -0.25) is 14.1 Å². The van der Waals surface area contributed by atoms with E-state index in [2.05, 4.69) is 4.98 Å². The highest BCUT2D eigenvalue weighted by Gasteiger charge is 2.23. The van der Waals surface area contributed by atoms with Crippen LogP contribution in [0.2, 0.25) is 0 Å². The number of benzene rings is 2. The van der Waals surface area contributed by atoms with Crippen molar-refractivity contribution >= 4 is 33.3 Å². The van der Waals surface area contributed by atoms with Crippen LogP contribution in [-0.4, -0.2) is 21.2 Å². The molecule has 0 N–H and O–H groups in total. The van der Waals surface area contributed by atoms with Crippen LogP contribution in [0, 0.1) is 23.0 Å². The van der Waals surface area contributed by atoms with E-state index >= 15 is 0 Å². The zero-order valence-corrected chi connectivity index (χ0v) is 18.8. The minimum Gasteiger partial charge on any atom is -0.493 e. The van der Waals surface area contributed by atoms with Crippen molar-refractivity contribution in [1.29, 1.82) is 5.26 Å². The number of imidazole rings is 1. The van der Waals surface area contributed by atoms with Gasteiger partial charge >= 0.3 is 5.69 Å². The van der Waals surface area contributed by atoms with Crippen molar-refractivity contribution in [1.82, 2.24) is 14.1 Å². The Morgan fingerprint density at radius 3 is 2.59 bits per heavy atom. The summed E-state index contributed by atoms with van der Waals surface area (Å²) in [5.41, 5.74) is 0.620. The van der Waals surface area contributed by atoms with Gasteiger partial charge in [0.15, 0.2) is 23.1 Å². The lowest BCUT2D eigenvalue weighted by Gasteiger charge is -2.13. The summed E-state index contributed by atoms with van der Waals surface area (Å²) in [7, 11) is 2.99. The van der Waals surface area contributed by atoms with Crippen molar-refractivity contribution in [3.05, 3.63) is 80.5 Å². The van der Waals surface area contributed by atoms with Crippen molar-refractivity contribution in [3.63, 3.8) is 0 Å². The van der Waals surface area contributed by atoms with Crippen LogP contribution < -0.4 is 15.2 Å². The van der Waals surface area contributed by atoms with E-state index in [1.807, 2.05) is 16.8 Å². The minimum atomic E-state index is -1.03. The lowest BCUT2D eigenvalue weighted by atomic mass is 10.1. The Bertz CT molecular complexity index is 1640. The third kappa shape index (κ3) is 3.38. The second-order valence-electron chi connectivity index (χ2n) is 7.51. The van der Waals surface area contributed by atoms with Crippen LogP contribution in [0.15, 0.2) is 52.1 Å². The quantitative estimate of drug-likeness (QED) is 0.367. The van der Waals surface area contributed by atoms with Crippen LogP contribution in [0.5, 0.6) is 11.5 Å². The summed E-state index contributed by atoms with van der Waals surface area (Å²) in [6.07, 6.45) is 1.46. The van der Waals surface area contributed by atoms with Gasteiger partial charge in [-0.2, -0.15) is 16.6 Å². The lowest BCUT2D eigenvalue weighted by Crippen LogP contribution is -2.22. The molecule has 5 aromatic rings. The van der Waals surface area contributed by atoms with Crippen molar-refractivity contribution in [2.45, 2.75) is 6.61 Å². The van der Waals surface area contributed by atoms with E-state index in [1.54, 1.807) is 29.5 Å². The fourth-order valence-corrected chi connectivity index (χ4v) is 4.52. The number of fused-ring (bicyclic) bond motifs is 3. The van der Waals surface area contributed by atoms with Crippen molar-refractivity contribution < 1.29 is 18.3 Å². The molecule has 3 aromatic heterocycles. The van der Waals surface area contributed by atoms with Gasteiger partial charge in [0.1, 0.15) is 12.3 Å². The third-order valence-corrected chi connectivity index (χ3v) is 6.24. The number of ether oxygens (including phenoxy) is 2. The molecule has 0 saturated carbocycles. The maximum Gasteiger partial charge on any atom is 0.333 e. The number of nitrogens with zero attached hydrogens (tertiary/aromatic N) is 4. The zero-order chi connectivity index (χ0) is 24.0. The van der Waals surface area contributed by atoms with Crippen molar-refractivity contribution in [2.75, 3.05) is 7.11 Å². The van der Waals surface area contributed by atoms with E-state index in [4.69, 9.17) is 14.7 Å². The largest absolute Gasteiger partial charge is 0.493 e. The Labute approximate surface area is 195 Å². The van der Waals surface area contributed by atoms with E-state index in [1.165, 1.54) is 24.9 Å². The molecule has 0 atom stereocenters. The number of pyridine rings is 1. The number of methoxy groups -OCH3 is 1. The summed E-state index contributed by atoms with van der Waals surface area (Å²) in [6.45, 7) is 0.287. The third-order valence-electron chi connectivity index (χ3n) is 5.51. The summed E-state index contributed by atoms with van der Waals surface area (Å²) in [5.74, 6) is -1.24. The Morgan fingerprint density at radius 1 is 1.18 bits per heavy atom. The van der Waals surface area contributed by atoms with Crippen LogP contribution in [-0.2, 0) is 13.7 Å². The molecule has 0 radical (unpaired) electrons. The molecule has 0 spiro atoms. The summed E-state index contributed by atoms with van der Waals surface area (Å²) in [4.78, 5) is 17.5. The SMILES string of the molecule is COc1cc2ncc3c(c2cc1OCc1ccsc1)n(-c1c(F)cc(C#N)cc1F)c(=O)n3C. The van der Waals surface area contributed by atoms with E-state index < -0.39 is 23.0 Å². The van der Waals surface area contributed by atoms with Gasteiger partial charge in [-0.05, 0) is 40.6 Å². The van der Waals surface area contributed by atoms with E-state index in [9.17, 15) is 13.6 Å². The lowest BCUT2D eigenvalue weighted by molar-refractivity contribution is 0.285. The molecule has 34 heavy (non-hydrogen) atoms. The highest BCUT2D eigenvalue weighted by atomic mass is 32.1. The predicted octanol–water partition coefficient (Wildman–Crippen LogP) is 4.68. The highest BCUT2D eigenvalue weighted by molar-refractivity contribution is 7.07. The van der Waals surface area contributed by atoms with Gasteiger partial charge in [0, 0.05) is 18.5 Å². The topological polar surface area (TPSA) is 82.1 Å². The molecule has 0 bridgehead atoms. The number of thiophene rings is 1. The number of aromatic nitrogens is 3. The molecule has 0 fully saturated rings. The first-order valence-corrected chi connectivity index (χ1v) is 11.0. The smallest absolute Gasteiger partial charge is 0.333 e. The number of hydrogen-bond donors (Lipinski definition) is 0. The standard InChI is InChI=1S/C24H16F2N4O3S/c1-29-19-10-28-18-8-20(32-2)21(33-11-13-3-4-34-12-13)7-15(18)22(19)30(24(29)31)23-16(25)5-14(9-27)6-17(23)26/h3-8,10,12H,11H2,1-2H3. The van der Waals surface area contributed by atoms with Crippen molar-refractivity contribution in [3.8, 4) is 23.3 Å². The number of aryl methyl sites for hydroxylation is 1. The van der Waals surface area contributed by atoms with Gasteiger partial charge in [0.05, 0.1) is 41.5 Å². The molecule has 0 unspecified atom stereocenters. The Balaban J connectivity index is 1.81. The Morgan fingerprint density at radius 2 is 1.94 bits per heavy atom. The van der Waals surface area contributed by atoms with Gasteiger partial charge in [-0.25, -0.2) is 13.6 Å². The second-order valence-corrected chi connectivity index (χ2v) is 8.29. The number of halogens is 2. The Hall–Kier alpha value is -4.23. The summed E-state index contributed by atoms with van der Waals surface area (Å²) in [6, 6.07) is 8.72. The van der Waals surface area contributed by atoms with Gasteiger partial charge in [-0.15, -0.1) is 0 Å². The number of rotatable bonds is 5. The second kappa shape index (κ2) is 8.28. The first-order chi connectivity index (χ1) is 16.4. The molecule has 5 rings (SSSR count). The van der Waals surface area contributed by atoms with Gasteiger partial charge in [-0.1, -0.05) is 0 Å². The Kier molecular flexibility index (Phi) is 5.26. The van der Waals surface area contributed by atoms with Crippen LogP contribution in [0.1, 0.15) is 11.1 Å². The van der Waals surface area contributed by atoms with E-state index in [0.29, 0.717) is 27.9 Å². The molecular weight excluding hydrogens is 462 g/mol. The van der Waals surface area contributed by atoms with Crippen LogP contribution in [0.4, 0.5) is 8.78 Å². The van der Waals surface area contributed by atoms with Crippen LogP contribution in [0.25, 0.3) is 27.6 Å². The molecule has 0 aliphatic rings. The maximum absolute atomic E-state index is 15.0. The van der Waals surface area contributed by atoms with E-state index in [-0.39, 0.29) is 17.7 Å². The molecule has 170 valence electrons. The van der Waals surface area contributed by atoms with Crippen LogP contribution >= 0.6 is 11.3 Å². The van der Waals surface area contributed by atoms with Gasteiger partial charge < -0.3 is 9.47 Å². The molecule has 0 aliphatic heterocycles. The summed E-state index contributed by atoms with van der Waals surface area (Å²) < 4.78 is 43.6. The van der Waals surface area contributed by atoms with E-state index in [0.717, 1.165) is 22.3 Å². The van der Waals surface area contributed by atoms with Gasteiger partial charge in [0.25, 0.3) is 0 Å². The molecular formula is C24H16F2N4O3S. The summed E-state index contributed by atoms with van der Waals surface area (Å²) >= 11 is 1.55. The average Bonchev–Trinajstić information content (AvgIpc) is 3.44. The first kappa shape index (κ1) is 21.6. The van der Waals surface area contributed by atoms with Crippen molar-refractivity contribution in [2.24, 2.45) is 7.05 Å². The number of nitriles is 1. The number of hydrogen-bond acceptors (Lipinski definition) is 6. The summed E-state index contributed by atoms with van der Waals surface area (Å²) in [5, 5.41) is 13.4. The van der Waals surface area contributed by atoms with Crippen LogP contribution in [0.3, 0.4) is 0 Å². The molecule has 2 aromatic carbocycles. The fraction of sp³-hybridized carbons (Fsp3) is 0.125. The van der Waals surface area contributed by atoms with Gasteiger partial charge in [0.2, 0.25) is 0 Å². The average molecular weight is 478 g/mol. The highest BCUT2D eigenvalue weighted by Crippen LogP contribution is 2.36. The molecule has 0 aliphatic carbocycles. The monoisotopic (exact) mass is 478 g/mol. The molecule has 3 heterocycles. The predicted molar refractivity (Wildman–Crippen MR) is 124 cm³/mol. The molecule has 7 nitrogen and oxygen atoms in total. The first-order valence-electron chi connectivity index (χ1n) is 10.0. The molecule has 10 heteroatoms. The molecule has 0 saturated heterocycles. The fourth-order valence-electron chi connectivity index (χ4n) is 3.86. The maximum atomic E-state index is 15.0. The normalized spacial score (nSPS) is 11.1. The zero-order valence-electron chi connectivity index (χ0n) is 18.0. The minimum absolute atomic E-state index is 0.188. The molecule has 0 amide bonds.